The first kappa shape index (κ1) is 23.0. The van der Waals surface area contributed by atoms with Crippen molar-refractivity contribution in [1.82, 2.24) is 20.1 Å². The predicted molar refractivity (Wildman–Crippen MR) is 133 cm³/mol. The van der Waals surface area contributed by atoms with Crippen LogP contribution in [0.1, 0.15) is 48.4 Å². The molecule has 0 bridgehead atoms. The quantitative estimate of drug-likeness (QED) is 0.415. The number of hydrogen-bond donors (Lipinski definition) is 2. The maximum Gasteiger partial charge on any atom is 0.251 e. The Kier molecular flexibility index (Phi) is 6.36. The fraction of sp³-hybridized carbons (Fsp3) is 0.222. The van der Waals surface area contributed by atoms with Crippen molar-refractivity contribution in [2.75, 3.05) is 5.73 Å². The minimum atomic E-state index is -0.580. The molecular weight excluding hydrogens is 426 g/mol. The fourth-order valence-electron chi connectivity index (χ4n) is 3.73. The highest BCUT2D eigenvalue weighted by atomic mass is 16.5. The van der Waals surface area contributed by atoms with Crippen molar-refractivity contribution in [2.24, 2.45) is 7.05 Å². The Labute approximate surface area is 199 Å². The van der Waals surface area contributed by atoms with Crippen LogP contribution < -0.4 is 15.8 Å². The molecule has 34 heavy (non-hydrogen) atoms. The van der Waals surface area contributed by atoms with E-state index < -0.39 is 5.54 Å². The third-order valence-corrected chi connectivity index (χ3v) is 5.76. The summed E-state index contributed by atoms with van der Waals surface area (Å²) in [6.07, 6.45) is 5.11. The molecule has 7 heteroatoms. The van der Waals surface area contributed by atoms with Crippen LogP contribution in [0.25, 0.3) is 11.1 Å². The maximum absolute atomic E-state index is 12.7. The predicted octanol–water partition coefficient (Wildman–Crippen LogP) is 4.87. The van der Waals surface area contributed by atoms with Gasteiger partial charge in [-0.15, -0.1) is 0 Å². The number of nitrogens with one attached hydrogen (secondary N) is 1. The van der Waals surface area contributed by atoms with Crippen LogP contribution >= 0.6 is 0 Å². The molecule has 2 aromatic carbocycles. The molecule has 1 amide bonds. The number of pyridine rings is 1. The number of carbonyl (C=O) groups is 1. The zero-order valence-electron chi connectivity index (χ0n) is 19.8. The van der Waals surface area contributed by atoms with E-state index in [2.05, 4.69) is 15.4 Å². The molecular formula is C27H29N5O2. The van der Waals surface area contributed by atoms with Crippen LogP contribution in [0.15, 0.2) is 79.3 Å². The van der Waals surface area contributed by atoms with Gasteiger partial charge in [-0.1, -0.05) is 36.4 Å². The van der Waals surface area contributed by atoms with Crippen LogP contribution in [-0.2, 0) is 12.6 Å². The van der Waals surface area contributed by atoms with Crippen molar-refractivity contribution >= 4 is 11.7 Å². The van der Waals surface area contributed by atoms with Crippen molar-refractivity contribution < 1.29 is 9.53 Å². The van der Waals surface area contributed by atoms with Crippen molar-refractivity contribution in [3.63, 3.8) is 0 Å². The van der Waals surface area contributed by atoms with E-state index >= 15 is 0 Å². The van der Waals surface area contributed by atoms with Gasteiger partial charge in [0.25, 0.3) is 5.91 Å². The average Bonchev–Trinajstić information content (AvgIpc) is 3.27. The molecule has 0 spiro atoms. The van der Waals surface area contributed by atoms with Crippen LogP contribution in [0.4, 0.5) is 5.82 Å². The number of amides is 1. The number of hydrogen-bond acceptors (Lipinski definition) is 5. The molecule has 1 atom stereocenters. The van der Waals surface area contributed by atoms with Crippen LogP contribution in [0.2, 0.25) is 0 Å². The number of nitrogens with zero attached hydrogens (tertiary/aromatic N) is 3. The zero-order valence-corrected chi connectivity index (χ0v) is 19.8. The topological polar surface area (TPSA) is 95.1 Å². The van der Waals surface area contributed by atoms with E-state index in [0.717, 1.165) is 22.3 Å². The van der Waals surface area contributed by atoms with Gasteiger partial charge in [0.05, 0.1) is 11.7 Å². The molecule has 0 radical (unpaired) electrons. The number of carbonyl (C=O) groups excluding carboxylic acids is 1. The van der Waals surface area contributed by atoms with E-state index in [4.69, 9.17) is 10.5 Å². The molecule has 4 aromatic rings. The van der Waals surface area contributed by atoms with Gasteiger partial charge in [0, 0.05) is 36.1 Å². The van der Waals surface area contributed by atoms with E-state index in [1.165, 1.54) is 0 Å². The molecule has 0 aliphatic heterocycles. The lowest BCUT2D eigenvalue weighted by Gasteiger charge is -2.28. The Morgan fingerprint density at radius 2 is 1.82 bits per heavy atom. The highest BCUT2D eigenvalue weighted by molar-refractivity contribution is 5.94. The summed E-state index contributed by atoms with van der Waals surface area (Å²) in [5.41, 5.74) is 9.90. The van der Waals surface area contributed by atoms with Gasteiger partial charge >= 0.3 is 0 Å². The summed E-state index contributed by atoms with van der Waals surface area (Å²) in [5, 5.41) is 7.34. The number of rotatable bonds is 7. The Hall–Kier alpha value is -4.13. The minimum absolute atomic E-state index is 0.119. The van der Waals surface area contributed by atoms with Gasteiger partial charge in [0.2, 0.25) is 0 Å². The lowest BCUT2D eigenvalue weighted by molar-refractivity contribution is 0.0912. The summed E-state index contributed by atoms with van der Waals surface area (Å²) >= 11 is 0. The van der Waals surface area contributed by atoms with E-state index in [9.17, 15) is 4.79 Å². The van der Waals surface area contributed by atoms with E-state index in [1.807, 2.05) is 82.5 Å². The minimum Gasteiger partial charge on any atom is -0.482 e. The largest absolute Gasteiger partial charge is 0.482 e. The monoisotopic (exact) mass is 455 g/mol. The highest BCUT2D eigenvalue weighted by Crippen LogP contribution is 2.31. The van der Waals surface area contributed by atoms with Gasteiger partial charge in [-0.05, 0) is 56.2 Å². The molecule has 7 nitrogen and oxygen atoms in total. The van der Waals surface area contributed by atoms with Gasteiger partial charge in [0.15, 0.2) is 11.6 Å². The van der Waals surface area contributed by atoms with Gasteiger partial charge < -0.3 is 15.8 Å². The molecule has 0 saturated heterocycles. The SMILES string of the molecule is C[C@@H](Oc1cc(-c2cnn(C)c2)cnc1N)c1cccc(C(C)(C)NC(=O)c2ccccc2)c1. The number of benzene rings is 2. The second-order valence-electron chi connectivity index (χ2n) is 8.84. The molecule has 2 heterocycles. The molecule has 2 aromatic heterocycles. The van der Waals surface area contributed by atoms with Crippen molar-refractivity contribution in [2.45, 2.75) is 32.4 Å². The number of ether oxygens (including phenoxy) is 1. The summed E-state index contributed by atoms with van der Waals surface area (Å²) < 4.78 is 7.95. The normalized spacial score (nSPS) is 12.2. The third kappa shape index (κ3) is 5.09. The number of aromatic nitrogens is 3. The van der Waals surface area contributed by atoms with Gasteiger partial charge in [0.1, 0.15) is 6.10 Å². The molecule has 0 aliphatic carbocycles. The smallest absolute Gasteiger partial charge is 0.251 e. The Morgan fingerprint density at radius 3 is 2.53 bits per heavy atom. The summed E-state index contributed by atoms with van der Waals surface area (Å²) in [6, 6.07) is 19.1. The number of nitrogens with two attached hydrogens (primary N) is 1. The summed E-state index contributed by atoms with van der Waals surface area (Å²) in [7, 11) is 1.87. The van der Waals surface area contributed by atoms with Gasteiger partial charge in [-0.2, -0.15) is 5.10 Å². The van der Waals surface area contributed by atoms with Gasteiger partial charge in [-0.3, -0.25) is 9.48 Å². The fourth-order valence-corrected chi connectivity index (χ4v) is 3.73. The lowest BCUT2D eigenvalue weighted by Crippen LogP contribution is -2.41. The standard InChI is InChI=1S/C27H29N5O2/c1-18(34-24-14-21(15-29-25(24)28)22-16-30-32(4)17-22)20-11-8-12-23(13-20)27(2,3)31-26(33)19-9-6-5-7-10-19/h5-18H,1-4H3,(H2,28,29)(H,31,33)/t18-/m1/s1. The second kappa shape index (κ2) is 9.39. The maximum atomic E-state index is 12.7. The molecule has 3 N–H and O–H groups in total. The summed E-state index contributed by atoms with van der Waals surface area (Å²) in [4.78, 5) is 17.0. The highest BCUT2D eigenvalue weighted by Gasteiger charge is 2.24. The first-order valence-electron chi connectivity index (χ1n) is 11.1. The Balaban J connectivity index is 1.53. The van der Waals surface area contributed by atoms with Crippen LogP contribution in [0.3, 0.4) is 0 Å². The van der Waals surface area contributed by atoms with Crippen molar-refractivity contribution in [1.29, 1.82) is 0 Å². The van der Waals surface area contributed by atoms with Crippen LogP contribution in [0, 0.1) is 0 Å². The van der Waals surface area contributed by atoms with Crippen molar-refractivity contribution in [3.8, 4) is 16.9 Å². The Morgan fingerprint density at radius 1 is 1.06 bits per heavy atom. The summed E-state index contributed by atoms with van der Waals surface area (Å²) in [5.74, 6) is 0.716. The molecule has 0 unspecified atom stereocenters. The molecule has 0 fully saturated rings. The third-order valence-electron chi connectivity index (χ3n) is 5.76. The second-order valence-corrected chi connectivity index (χ2v) is 8.84. The lowest BCUT2D eigenvalue weighted by atomic mass is 9.91. The van der Waals surface area contributed by atoms with E-state index in [0.29, 0.717) is 17.1 Å². The first-order chi connectivity index (χ1) is 16.2. The van der Waals surface area contributed by atoms with Crippen LogP contribution in [0.5, 0.6) is 5.75 Å². The van der Waals surface area contributed by atoms with Crippen LogP contribution in [-0.4, -0.2) is 20.7 Å². The number of nitrogen functional groups attached to an aromatic ring is 1. The van der Waals surface area contributed by atoms with E-state index in [1.54, 1.807) is 29.2 Å². The Bertz CT molecular complexity index is 1300. The molecule has 0 saturated carbocycles. The first-order valence-corrected chi connectivity index (χ1v) is 11.1. The zero-order chi connectivity index (χ0) is 24.3. The molecule has 4 rings (SSSR count). The number of aryl methyl sites for hydroxylation is 1. The average molecular weight is 456 g/mol. The molecule has 0 aliphatic rings. The van der Waals surface area contributed by atoms with Crippen molar-refractivity contribution in [3.05, 3.63) is 95.9 Å². The van der Waals surface area contributed by atoms with Gasteiger partial charge in [-0.25, -0.2) is 4.98 Å². The number of anilines is 1. The van der Waals surface area contributed by atoms with E-state index in [-0.39, 0.29) is 12.0 Å². The summed E-state index contributed by atoms with van der Waals surface area (Å²) in [6.45, 7) is 5.93. The molecule has 174 valence electrons.